The number of carbonyl (C=O) groups excluding carboxylic acids is 4. The van der Waals surface area contributed by atoms with Gasteiger partial charge in [0.1, 0.15) is 11.9 Å². The highest BCUT2D eigenvalue weighted by atomic mass is 19.4. The molecule has 1 spiro atoms. The number of likely N-dealkylation sites (N-methyl/N-ethyl adjacent to an activating group) is 1. The summed E-state index contributed by atoms with van der Waals surface area (Å²) in [5.41, 5.74) is -4.19. The van der Waals surface area contributed by atoms with Crippen molar-refractivity contribution < 1.29 is 46.6 Å². The fourth-order valence-corrected chi connectivity index (χ4v) is 6.14. The van der Waals surface area contributed by atoms with Crippen LogP contribution >= 0.6 is 0 Å². The molecule has 2 fully saturated rings. The molecule has 0 radical (unpaired) electrons. The van der Waals surface area contributed by atoms with Crippen LogP contribution in [-0.4, -0.2) is 70.7 Å². The molecule has 2 atom stereocenters. The molecule has 2 saturated heterocycles. The topological polar surface area (TPSA) is 124 Å². The number of benzene rings is 2. The lowest BCUT2D eigenvalue weighted by Gasteiger charge is -2.46. The lowest BCUT2D eigenvalue weighted by molar-refractivity contribution is -0.145. The van der Waals surface area contributed by atoms with E-state index in [1.54, 1.807) is 20.8 Å². The molecule has 9 nitrogen and oxygen atoms in total. The molecule has 2 aromatic carbocycles. The number of piperidine rings is 1. The predicted octanol–water partition coefficient (Wildman–Crippen LogP) is 3.86. The Morgan fingerprint density at radius 1 is 0.977 bits per heavy atom. The van der Waals surface area contributed by atoms with E-state index in [0.717, 1.165) is 4.90 Å². The van der Waals surface area contributed by atoms with E-state index in [1.165, 1.54) is 36.2 Å². The van der Waals surface area contributed by atoms with Gasteiger partial charge in [0.15, 0.2) is 0 Å². The summed E-state index contributed by atoms with van der Waals surface area (Å²) in [4.78, 5) is 67.3. The Bertz CT molecular complexity index is 1480. The number of hydrogen-bond donors (Lipinski definition) is 2. The number of aromatic carboxylic acids is 1. The first-order chi connectivity index (χ1) is 20.0. The second kappa shape index (κ2) is 11.1. The van der Waals surface area contributed by atoms with E-state index in [9.17, 15) is 46.6 Å². The molecule has 230 valence electrons. The van der Waals surface area contributed by atoms with E-state index >= 15 is 0 Å². The van der Waals surface area contributed by atoms with Crippen LogP contribution in [0.3, 0.4) is 0 Å². The SMILES string of the molecule is CC(C)[C@@H](NC(=O)c1cc(C(F)(F)F)ccc1F)C(=O)N1CCC2(CC1)C(=O)N(C)C(=O)C2(C)c1ccc(C(=O)O)cc1. The Morgan fingerprint density at radius 2 is 1.56 bits per heavy atom. The van der Waals surface area contributed by atoms with Gasteiger partial charge in [-0.05, 0) is 61.6 Å². The van der Waals surface area contributed by atoms with Crippen LogP contribution in [0, 0.1) is 17.2 Å². The molecule has 0 saturated carbocycles. The van der Waals surface area contributed by atoms with E-state index in [2.05, 4.69) is 5.32 Å². The summed E-state index contributed by atoms with van der Waals surface area (Å²) in [6.07, 6.45) is -4.66. The number of hydrogen-bond acceptors (Lipinski definition) is 5. The van der Waals surface area contributed by atoms with Gasteiger partial charge in [-0.1, -0.05) is 26.0 Å². The minimum atomic E-state index is -4.81. The fourth-order valence-electron chi connectivity index (χ4n) is 6.14. The summed E-state index contributed by atoms with van der Waals surface area (Å²) >= 11 is 0. The predicted molar refractivity (Wildman–Crippen MR) is 144 cm³/mol. The Morgan fingerprint density at radius 3 is 2.07 bits per heavy atom. The lowest BCUT2D eigenvalue weighted by atomic mass is 9.58. The number of carboxylic acid groups (broad SMARTS) is 1. The maximum atomic E-state index is 14.3. The van der Waals surface area contributed by atoms with Crippen LogP contribution in [0.1, 0.15) is 65.5 Å². The molecular weight excluding hydrogens is 574 g/mol. The van der Waals surface area contributed by atoms with Crippen LogP contribution in [0.15, 0.2) is 42.5 Å². The van der Waals surface area contributed by atoms with Gasteiger partial charge >= 0.3 is 12.1 Å². The van der Waals surface area contributed by atoms with E-state index in [-0.39, 0.29) is 31.5 Å². The molecule has 2 aliphatic heterocycles. The van der Waals surface area contributed by atoms with Crippen molar-refractivity contribution in [3.05, 3.63) is 70.5 Å². The number of halogens is 4. The van der Waals surface area contributed by atoms with E-state index in [0.29, 0.717) is 23.8 Å². The average molecular weight is 606 g/mol. The normalized spacial score (nSPS) is 21.0. The number of amides is 4. The Labute approximate surface area is 244 Å². The zero-order chi connectivity index (χ0) is 32.1. The molecule has 0 aromatic heterocycles. The first-order valence-corrected chi connectivity index (χ1v) is 13.6. The van der Waals surface area contributed by atoms with Crippen LogP contribution in [0.2, 0.25) is 0 Å². The molecule has 0 aliphatic carbocycles. The first kappa shape index (κ1) is 31.6. The molecular formula is C30H31F4N3O6. The van der Waals surface area contributed by atoms with Crippen molar-refractivity contribution in [1.82, 2.24) is 15.1 Å². The largest absolute Gasteiger partial charge is 0.478 e. The number of nitrogens with one attached hydrogen (secondary N) is 1. The highest BCUT2D eigenvalue weighted by molar-refractivity contribution is 6.12. The number of likely N-dealkylation sites (tertiary alicyclic amines) is 2. The summed E-state index contributed by atoms with van der Waals surface area (Å²) in [6, 6.07) is 5.95. The molecule has 13 heteroatoms. The first-order valence-electron chi connectivity index (χ1n) is 13.6. The monoisotopic (exact) mass is 605 g/mol. The van der Waals surface area contributed by atoms with Crippen LogP contribution < -0.4 is 5.32 Å². The van der Waals surface area contributed by atoms with Crippen molar-refractivity contribution in [2.45, 2.75) is 51.2 Å². The number of nitrogens with zero attached hydrogens (tertiary/aromatic N) is 2. The molecule has 43 heavy (non-hydrogen) atoms. The molecule has 4 rings (SSSR count). The summed E-state index contributed by atoms with van der Waals surface area (Å²) in [7, 11) is 1.37. The number of imide groups is 1. The zero-order valence-electron chi connectivity index (χ0n) is 23.9. The van der Waals surface area contributed by atoms with Gasteiger partial charge in [0.05, 0.1) is 27.5 Å². The lowest BCUT2D eigenvalue weighted by Crippen LogP contribution is -2.57. The third-order valence-electron chi connectivity index (χ3n) is 8.80. The number of carbonyl (C=O) groups is 5. The Kier molecular flexibility index (Phi) is 8.16. The molecule has 4 amide bonds. The Balaban J connectivity index is 1.57. The quantitative estimate of drug-likeness (QED) is 0.381. The van der Waals surface area contributed by atoms with Crippen molar-refractivity contribution in [2.75, 3.05) is 20.1 Å². The van der Waals surface area contributed by atoms with Crippen molar-refractivity contribution in [2.24, 2.45) is 11.3 Å². The van der Waals surface area contributed by atoms with E-state index in [4.69, 9.17) is 0 Å². The van der Waals surface area contributed by atoms with Crippen molar-refractivity contribution >= 4 is 29.6 Å². The standard InChI is InChI=1S/C30H31F4N3O6/c1-16(2)22(35-23(38)20-15-19(30(32,33)34)9-10-21(20)31)24(39)37-13-11-29(12-14-37)27(43)36(4)26(42)28(29,3)18-7-5-17(6-8-18)25(40)41/h5-10,15-16,22H,11-14H2,1-4H3,(H,35,38)(H,40,41)/t22-,28?/m1/s1. The van der Waals surface area contributed by atoms with Crippen LogP contribution in [0.4, 0.5) is 17.6 Å². The van der Waals surface area contributed by atoms with Gasteiger partial charge < -0.3 is 15.3 Å². The number of alkyl halides is 3. The van der Waals surface area contributed by atoms with Gasteiger partial charge in [-0.25, -0.2) is 9.18 Å². The van der Waals surface area contributed by atoms with E-state index in [1.807, 2.05) is 0 Å². The molecule has 2 aliphatic rings. The van der Waals surface area contributed by atoms with Gasteiger partial charge in [0.25, 0.3) is 5.91 Å². The maximum absolute atomic E-state index is 14.3. The van der Waals surface area contributed by atoms with Gasteiger partial charge in [-0.15, -0.1) is 0 Å². The van der Waals surface area contributed by atoms with Crippen molar-refractivity contribution in [1.29, 1.82) is 0 Å². The Hall–Kier alpha value is -4.29. The maximum Gasteiger partial charge on any atom is 0.416 e. The third kappa shape index (κ3) is 5.25. The van der Waals surface area contributed by atoms with Crippen LogP contribution in [0.5, 0.6) is 0 Å². The van der Waals surface area contributed by atoms with Gasteiger partial charge in [0, 0.05) is 20.1 Å². The minimum Gasteiger partial charge on any atom is -0.478 e. The smallest absolute Gasteiger partial charge is 0.416 e. The highest BCUT2D eigenvalue weighted by Crippen LogP contribution is 2.55. The summed E-state index contributed by atoms with van der Waals surface area (Å²) in [5, 5.41) is 11.6. The van der Waals surface area contributed by atoms with Gasteiger partial charge in [0.2, 0.25) is 17.7 Å². The molecule has 2 N–H and O–H groups in total. The van der Waals surface area contributed by atoms with Crippen LogP contribution in [-0.2, 0) is 26.0 Å². The molecule has 2 aromatic rings. The minimum absolute atomic E-state index is 0.0127. The fraction of sp³-hybridized carbons (Fsp3) is 0.433. The van der Waals surface area contributed by atoms with Gasteiger partial charge in [-0.2, -0.15) is 13.2 Å². The summed E-state index contributed by atoms with van der Waals surface area (Å²) in [5.74, 6) is -5.49. The number of rotatable bonds is 6. The third-order valence-corrected chi connectivity index (χ3v) is 8.80. The average Bonchev–Trinajstić information content (AvgIpc) is 3.09. The van der Waals surface area contributed by atoms with Crippen molar-refractivity contribution in [3.63, 3.8) is 0 Å². The van der Waals surface area contributed by atoms with E-state index < -0.39 is 75.5 Å². The second-order valence-electron chi connectivity index (χ2n) is 11.5. The summed E-state index contributed by atoms with van der Waals surface area (Å²) in [6.45, 7) is 4.90. The molecule has 0 bridgehead atoms. The van der Waals surface area contributed by atoms with Crippen LogP contribution in [0.25, 0.3) is 0 Å². The number of carboxylic acids is 1. The molecule has 2 heterocycles. The highest BCUT2D eigenvalue weighted by Gasteiger charge is 2.67. The second-order valence-corrected chi connectivity index (χ2v) is 11.5. The van der Waals surface area contributed by atoms with Crippen molar-refractivity contribution in [3.8, 4) is 0 Å². The molecule has 1 unspecified atom stereocenters. The summed E-state index contributed by atoms with van der Waals surface area (Å²) < 4.78 is 53.8. The zero-order valence-corrected chi connectivity index (χ0v) is 23.9. The van der Waals surface area contributed by atoms with Gasteiger partial charge in [-0.3, -0.25) is 24.1 Å².